The Kier molecular flexibility index (Phi) is 6.36. The van der Waals surface area contributed by atoms with E-state index in [4.69, 9.17) is 0 Å². The number of alkyl halides is 2. The Balaban J connectivity index is 2.32. The van der Waals surface area contributed by atoms with Crippen molar-refractivity contribution in [3.05, 3.63) is 0 Å². The highest BCUT2D eigenvalue weighted by Gasteiger charge is 2.47. The zero-order valence-corrected chi connectivity index (χ0v) is 14.6. The molecule has 1 aliphatic carbocycles. The maximum Gasteiger partial charge on any atom is 0.328 e. The molecule has 23 heavy (non-hydrogen) atoms. The van der Waals surface area contributed by atoms with Gasteiger partial charge in [-0.15, -0.1) is 0 Å². The molecule has 136 valence electrons. The number of carbonyl (C=O) groups excluding carboxylic acids is 1. The molecule has 0 aromatic heterocycles. The van der Waals surface area contributed by atoms with Gasteiger partial charge in [0.1, 0.15) is 9.84 Å². The number of halogens is 2. The number of unbranched alkanes of at least 4 members (excludes halogenated alkanes) is 1. The summed E-state index contributed by atoms with van der Waals surface area (Å²) in [5.74, 6) is -3.59. The van der Waals surface area contributed by atoms with Crippen molar-refractivity contribution < 1.29 is 30.4 Å². The van der Waals surface area contributed by atoms with Crippen molar-refractivity contribution in [1.29, 1.82) is 0 Å². The highest BCUT2D eigenvalue weighted by Crippen LogP contribution is 2.43. The third-order valence-corrected chi connectivity index (χ3v) is 5.97. The molecule has 2 N–H and O–H groups in total. The lowest BCUT2D eigenvalue weighted by atomic mass is 9.77. The van der Waals surface area contributed by atoms with Crippen LogP contribution in [0, 0.1) is 5.92 Å². The standard InChI is InChI=1S/C12H22F2N2O5S2/c1-9(10-7-12(13,14)8-10)15-11(17)16-23(20,21)6-4-3-5-22(2,18)19/h9-10H,3-8H2,1-2H3,(H2,15,16,17). The van der Waals surface area contributed by atoms with E-state index >= 15 is 0 Å². The number of rotatable bonds is 8. The predicted molar refractivity (Wildman–Crippen MR) is 81.5 cm³/mol. The molecule has 0 saturated heterocycles. The highest BCUT2D eigenvalue weighted by molar-refractivity contribution is 7.90. The molecule has 0 radical (unpaired) electrons. The lowest BCUT2D eigenvalue weighted by Gasteiger charge is -2.38. The first kappa shape index (κ1) is 20.1. The van der Waals surface area contributed by atoms with E-state index in [0.29, 0.717) is 0 Å². The number of sulfonamides is 1. The summed E-state index contributed by atoms with van der Waals surface area (Å²) in [5, 5.41) is 2.33. The second-order valence-corrected chi connectivity index (χ2v) is 10.1. The lowest BCUT2D eigenvalue weighted by molar-refractivity contribution is -0.116. The molecule has 1 fully saturated rings. The SMILES string of the molecule is CC(NC(=O)NS(=O)(=O)CCCCS(C)(=O)=O)C1CC(F)(F)C1. The van der Waals surface area contributed by atoms with Crippen LogP contribution in [0.2, 0.25) is 0 Å². The van der Waals surface area contributed by atoms with Gasteiger partial charge in [0.05, 0.1) is 5.75 Å². The fourth-order valence-corrected chi connectivity index (χ4v) is 4.02. The third-order valence-electron chi connectivity index (χ3n) is 3.61. The van der Waals surface area contributed by atoms with E-state index in [1.54, 1.807) is 4.72 Å². The van der Waals surface area contributed by atoms with Gasteiger partial charge in [0, 0.05) is 30.9 Å². The molecular weight excluding hydrogens is 354 g/mol. The van der Waals surface area contributed by atoms with Crippen molar-refractivity contribution in [3.8, 4) is 0 Å². The Hall–Kier alpha value is -0.970. The molecule has 0 heterocycles. The summed E-state index contributed by atoms with van der Waals surface area (Å²) in [5.41, 5.74) is 0. The second kappa shape index (κ2) is 7.29. The molecule has 11 heteroatoms. The molecule has 1 unspecified atom stereocenters. The molecular formula is C12H22F2N2O5S2. The molecule has 2 amide bonds. The molecule has 1 saturated carbocycles. The molecule has 1 aliphatic rings. The fraction of sp³-hybridized carbons (Fsp3) is 0.917. The summed E-state index contributed by atoms with van der Waals surface area (Å²) in [4.78, 5) is 11.6. The smallest absolute Gasteiger partial charge is 0.328 e. The Bertz CT molecular complexity index is 626. The first-order valence-corrected chi connectivity index (χ1v) is 10.9. The minimum Gasteiger partial charge on any atom is -0.335 e. The molecule has 1 atom stereocenters. The monoisotopic (exact) mass is 376 g/mol. The maximum atomic E-state index is 12.7. The third kappa shape index (κ3) is 7.91. The minimum absolute atomic E-state index is 0.0973. The van der Waals surface area contributed by atoms with Crippen molar-refractivity contribution in [2.45, 2.75) is 44.6 Å². The maximum absolute atomic E-state index is 12.7. The number of amides is 2. The topological polar surface area (TPSA) is 109 Å². The van der Waals surface area contributed by atoms with Crippen LogP contribution >= 0.6 is 0 Å². The van der Waals surface area contributed by atoms with Gasteiger partial charge in [-0.2, -0.15) is 0 Å². The summed E-state index contributed by atoms with van der Waals surface area (Å²) < 4.78 is 72.4. The number of carbonyl (C=O) groups is 1. The van der Waals surface area contributed by atoms with Crippen molar-refractivity contribution in [1.82, 2.24) is 10.0 Å². The van der Waals surface area contributed by atoms with Gasteiger partial charge < -0.3 is 5.32 Å². The Morgan fingerprint density at radius 1 is 1.17 bits per heavy atom. The van der Waals surface area contributed by atoms with E-state index in [1.807, 2.05) is 0 Å². The van der Waals surface area contributed by atoms with Gasteiger partial charge in [-0.1, -0.05) is 0 Å². The van der Waals surface area contributed by atoms with Crippen LogP contribution in [0.4, 0.5) is 13.6 Å². The lowest BCUT2D eigenvalue weighted by Crippen LogP contribution is -2.51. The quantitative estimate of drug-likeness (QED) is 0.611. The first-order chi connectivity index (χ1) is 10.3. The number of urea groups is 1. The van der Waals surface area contributed by atoms with Crippen LogP contribution in [0.1, 0.15) is 32.6 Å². The summed E-state index contributed by atoms with van der Waals surface area (Å²) in [6.45, 7) is 1.54. The van der Waals surface area contributed by atoms with Gasteiger partial charge in [0.25, 0.3) is 0 Å². The van der Waals surface area contributed by atoms with Gasteiger partial charge in [-0.25, -0.2) is 35.1 Å². The van der Waals surface area contributed by atoms with Crippen molar-refractivity contribution >= 4 is 25.9 Å². The Labute approximate surface area is 135 Å². The summed E-state index contributed by atoms with van der Waals surface area (Å²) in [6.07, 6.45) is 0.674. The van der Waals surface area contributed by atoms with Gasteiger partial charge in [0.15, 0.2) is 0 Å². The second-order valence-electron chi connectivity index (χ2n) is 6.04. The van der Waals surface area contributed by atoms with Gasteiger partial charge in [0.2, 0.25) is 15.9 Å². The van der Waals surface area contributed by atoms with E-state index in [-0.39, 0.29) is 43.1 Å². The minimum atomic E-state index is -3.89. The number of nitrogens with one attached hydrogen (secondary N) is 2. The fourth-order valence-electron chi connectivity index (χ4n) is 2.26. The normalized spacial score (nSPS) is 19.7. The Morgan fingerprint density at radius 3 is 2.17 bits per heavy atom. The van der Waals surface area contributed by atoms with Crippen molar-refractivity contribution in [2.24, 2.45) is 5.92 Å². The van der Waals surface area contributed by atoms with E-state index in [0.717, 1.165) is 6.26 Å². The van der Waals surface area contributed by atoms with Gasteiger partial charge in [-0.3, -0.25) is 0 Å². The molecule has 1 rings (SSSR count). The summed E-state index contributed by atoms with van der Waals surface area (Å²) in [6, 6.07) is -1.52. The van der Waals surface area contributed by atoms with Crippen LogP contribution in [0.25, 0.3) is 0 Å². The summed E-state index contributed by atoms with van der Waals surface area (Å²) >= 11 is 0. The predicted octanol–water partition coefficient (Wildman–Crippen LogP) is 0.874. The largest absolute Gasteiger partial charge is 0.335 e. The van der Waals surface area contributed by atoms with Crippen LogP contribution in [-0.2, 0) is 19.9 Å². The zero-order valence-electron chi connectivity index (χ0n) is 13.0. The van der Waals surface area contributed by atoms with Crippen LogP contribution in [-0.4, -0.2) is 52.6 Å². The van der Waals surface area contributed by atoms with E-state index < -0.39 is 37.9 Å². The number of sulfone groups is 1. The van der Waals surface area contributed by atoms with Gasteiger partial charge in [-0.05, 0) is 25.7 Å². The highest BCUT2D eigenvalue weighted by atomic mass is 32.2. The average molecular weight is 376 g/mol. The summed E-state index contributed by atoms with van der Waals surface area (Å²) in [7, 11) is -7.04. The molecule has 0 aromatic carbocycles. The van der Waals surface area contributed by atoms with Crippen molar-refractivity contribution in [2.75, 3.05) is 17.8 Å². The van der Waals surface area contributed by atoms with E-state index in [9.17, 15) is 30.4 Å². The molecule has 7 nitrogen and oxygen atoms in total. The van der Waals surface area contributed by atoms with Crippen LogP contribution in [0.15, 0.2) is 0 Å². The van der Waals surface area contributed by atoms with E-state index in [1.165, 1.54) is 6.92 Å². The number of hydrogen-bond donors (Lipinski definition) is 2. The van der Waals surface area contributed by atoms with Crippen LogP contribution in [0.5, 0.6) is 0 Å². The van der Waals surface area contributed by atoms with Gasteiger partial charge >= 0.3 is 6.03 Å². The Morgan fingerprint density at radius 2 is 1.70 bits per heavy atom. The van der Waals surface area contributed by atoms with Crippen LogP contribution < -0.4 is 10.0 Å². The zero-order chi connectivity index (χ0) is 17.9. The van der Waals surface area contributed by atoms with Crippen molar-refractivity contribution in [3.63, 3.8) is 0 Å². The molecule has 0 aromatic rings. The van der Waals surface area contributed by atoms with E-state index in [2.05, 4.69) is 5.32 Å². The van der Waals surface area contributed by atoms with Crippen LogP contribution in [0.3, 0.4) is 0 Å². The molecule has 0 aliphatic heterocycles. The average Bonchev–Trinajstić information content (AvgIpc) is 2.29. The first-order valence-electron chi connectivity index (χ1n) is 7.16. The molecule has 0 bridgehead atoms. The number of hydrogen-bond acceptors (Lipinski definition) is 5. The molecule has 0 spiro atoms.